The number of methoxy groups -OCH3 is 2. The van der Waals surface area contributed by atoms with Crippen LogP contribution in [-0.4, -0.2) is 64.6 Å². The molecular formula is C22H26N8O4. The zero-order chi connectivity index (χ0) is 26.6. The minimum atomic E-state index is -2.74. The molecule has 34 heavy (non-hydrogen) atoms. The second-order valence-electron chi connectivity index (χ2n) is 7.54. The minimum Gasteiger partial charge on any atom is -0.494 e. The van der Waals surface area contributed by atoms with Gasteiger partial charge in [0.25, 0.3) is 5.91 Å². The Kier molecular flexibility index (Phi) is 5.85. The lowest BCUT2D eigenvalue weighted by Crippen LogP contribution is -2.22. The number of carbonyl (C=O) groups excluding carboxylic acids is 2. The van der Waals surface area contributed by atoms with E-state index >= 15 is 0 Å². The van der Waals surface area contributed by atoms with Gasteiger partial charge in [-0.15, -0.1) is 10.2 Å². The number of para-hydroxylation sites is 1. The van der Waals surface area contributed by atoms with Crippen LogP contribution < -0.4 is 20.7 Å². The second kappa shape index (κ2) is 10.3. The number of ether oxygens (including phenoxy) is 2. The summed E-state index contributed by atoms with van der Waals surface area (Å²) >= 11 is 0. The van der Waals surface area contributed by atoms with Crippen LogP contribution in [0.15, 0.2) is 30.6 Å². The van der Waals surface area contributed by atoms with Crippen molar-refractivity contribution in [3.63, 3.8) is 0 Å². The molecule has 12 nitrogen and oxygen atoms in total. The maximum absolute atomic E-state index is 12.7. The van der Waals surface area contributed by atoms with Crippen LogP contribution in [0.25, 0.3) is 11.4 Å². The summed E-state index contributed by atoms with van der Waals surface area (Å²) in [6, 6.07) is 6.61. The van der Waals surface area contributed by atoms with Crippen LogP contribution in [0.4, 0.5) is 17.2 Å². The lowest BCUT2D eigenvalue weighted by atomic mass is 10.1. The van der Waals surface area contributed by atoms with E-state index < -0.39 is 12.9 Å². The molecule has 0 unspecified atom stereocenters. The topological polar surface area (TPSA) is 145 Å². The van der Waals surface area contributed by atoms with Gasteiger partial charge in [0.2, 0.25) is 5.91 Å². The lowest BCUT2D eigenvalue weighted by molar-refractivity contribution is -0.117. The average Bonchev–Trinajstić information content (AvgIpc) is 3.60. The summed E-state index contributed by atoms with van der Waals surface area (Å²) in [6.07, 6.45) is 3.16. The highest BCUT2D eigenvalue weighted by Gasteiger charge is 2.30. The molecule has 1 fully saturated rings. The number of anilines is 3. The summed E-state index contributed by atoms with van der Waals surface area (Å²) in [7, 11) is 3.07. The van der Waals surface area contributed by atoms with Crippen LogP contribution in [0.5, 0.6) is 5.75 Å². The Hall–Kier alpha value is -4.06. The summed E-state index contributed by atoms with van der Waals surface area (Å²) in [4.78, 5) is 29.3. The van der Waals surface area contributed by atoms with Crippen molar-refractivity contribution in [1.29, 1.82) is 0 Å². The van der Waals surface area contributed by atoms with Crippen molar-refractivity contribution < 1.29 is 23.2 Å². The van der Waals surface area contributed by atoms with E-state index in [1.807, 2.05) is 5.32 Å². The quantitative estimate of drug-likeness (QED) is 0.405. The zero-order valence-corrected chi connectivity index (χ0v) is 18.7. The van der Waals surface area contributed by atoms with Gasteiger partial charge in [-0.1, -0.05) is 6.07 Å². The largest absolute Gasteiger partial charge is 0.494 e. The van der Waals surface area contributed by atoms with Gasteiger partial charge in [-0.3, -0.25) is 14.3 Å². The fourth-order valence-electron chi connectivity index (χ4n) is 3.24. The molecule has 2 amide bonds. The van der Waals surface area contributed by atoms with Gasteiger partial charge < -0.3 is 25.4 Å². The van der Waals surface area contributed by atoms with Gasteiger partial charge in [-0.25, -0.2) is 4.98 Å². The first kappa shape index (κ1) is 19.4. The highest BCUT2D eigenvalue weighted by Crippen LogP contribution is 2.37. The fourth-order valence-corrected chi connectivity index (χ4v) is 3.24. The summed E-state index contributed by atoms with van der Waals surface area (Å²) < 4.78 is 34.4. The number of nitrogens with zero attached hydrogens (tertiary/aromatic N) is 5. The molecule has 1 aliphatic carbocycles. The molecule has 3 aromatic rings. The van der Waals surface area contributed by atoms with Crippen molar-refractivity contribution >= 4 is 29.0 Å². The zero-order valence-electron chi connectivity index (χ0n) is 21.7. The average molecular weight is 470 g/mol. The first-order valence-electron chi connectivity index (χ1n) is 12.0. The molecule has 0 bridgehead atoms. The summed E-state index contributed by atoms with van der Waals surface area (Å²) in [5.74, 6) is -0.363. The monoisotopic (exact) mass is 469 g/mol. The van der Waals surface area contributed by atoms with E-state index in [9.17, 15) is 9.59 Å². The second-order valence-corrected chi connectivity index (χ2v) is 7.54. The van der Waals surface area contributed by atoms with Crippen LogP contribution in [0.3, 0.4) is 0 Å². The van der Waals surface area contributed by atoms with Crippen LogP contribution in [0.1, 0.15) is 27.4 Å². The van der Waals surface area contributed by atoms with Gasteiger partial charge in [0.15, 0.2) is 23.1 Å². The molecule has 1 aliphatic rings. The third-order valence-corrected chi connectivity index (χ3v) is 5.11. The van der Waals surface area contributed by atoms with E-state index in [0.717, 1.165) is 12.8 Å². The molecular weight excluding hydrogens is 440 g/mol. The van der Waals surface area contributed by atoms with E-state index in [2.05, 4.69) is 30.9 Å². The highest BCUT2D eigenvalue weighted by molar-refractivity contribution is 6.00. The fraction of sp³-hybridized carbons (Fsp3) is 0.364. The van der Waals surface area contributed by atoms with E-state index in [1.165, 1.54) is 13.2 Å². The van der Waals surface area contributed by atoms with Gasteiger partial charge in [0.05, 0.1) is 37.2 Å². The maximum atomic E-state index is 12.7. The Bertz CT molecular complexity index is 1290. The molecule has 4 rings (SSSR count). The molecule has 1 saturated carbocycles. The molecule has 1 aromatic carbocycles. The van der Waals surface area contributed by atoms with E-state index in [1.54, 1.807) is 36.3 Å². The third-order valence-electron chi connectivity index (χ3n) is 5.11. The summed E-state index contributed by atoms with van der Waals surface area (Å²) in [6.45, 7) is -1.75. The van der Waals surface area contributed by atoms with Crippen LogP contribution >= 0.6 is 0 Å². The normalized spacial score (nSPS) is 14.5. The van der Waals surface area contributed by atoms with E-state index in [0.29, 0.717) is 36.0 Å². The molecule has 0 aliphatic heterocycles. The predicted octanol–water partition coefficient (Wildman–Crippen LogP) is 1.84. The SMILES string of the molecule is [2H]C([2H])([2H])NC(=O)c1nnc(NC(=O)C2CC2)cc1Nc1cccc(-c2ncn(CCOC)n2)c1OC. The molecule has 2 aromatic heterocycles. The number of nitrogens with one attached hydrogen (secondary N) is 3. The van der Waals surface area contributed by atoms with Crippen LogP contribution in [0, 0.1) is 5.92 Å². The maximum Gasteiger partial charge on any atom is 0.273 e. The number of hydrogen-bond acceptors (Lipinski definition) is 9. The minimum absolute atomic E-state index is 0.0790. The summed E-state index contributed by atoms with van der Waals surface area (Å²) in [5.41, 5.74) is 0.817. The third kappa shape index (κ3) is 5.12. The van der Waals surface area contributed by atoms with Crippen molar-refractivity contribution in [2.24, 2.45) is 5.92 Å². The van der Waals surface area contributed by atoms with Crippen LogP contribution in [0.2, 0.25) is 0 Å². The van der Waals surface area contributed by atoms with E-state index in [-0.39, 0.29) is 29.0 Å². The van der Waals surface area contributed by atoms with Crippen molar-refractivity contribution in [3.8, 4) is 17.1 Å². The Morgan fingerprint density at radius 2 is 2.09 bits per heavy atom. The molecule has 0 radical (unpaired) electrons. The molecule has 2 heterocycles. The Balaban J connectivity index is 1.69. The molecule has 0 saturated heterocycles. The van der Waals surface area contributed by atoms with Crippen molar-refractivity contribution in [3.05, 3.63) is 36.3 Å². The Morgan fingerprint density at radius 3 is 2.82 bits per heavy atom. The smallest absolute Gasteiger partial charge is 0.273 e. The predicted molar refractivity (Wildman–Crippen MR) is 124 cm³/mol. The first-order chi connectivity index (χ1) is 17.7. The van der Waals surface area contributed by atoms with Gasteiger partial charge in [0.1, 0.15) is 6.33 Å². The Labute approximate surface area is 200 Å². The number of hydrogen-bond donors (Lipinski definition) is 3. The van der Waals surface area contributed by atoms with Crippen molar-refractivity contribution in [2.75, 3.05) is 38.4 Å². The van der Waals surface area contributed by atoms with Crippen molar-refractivity contribution in [2.45, 2.75) is 19.4 Å². The van der Waals surface area contributed by atoms with Gasteiger partial charge in [-0.2, -0.15) is 5.10 Å². The lowest BCUT2D eigenvalue weighted by Gasteiger charge is -2.16. The number of aromatic nitrogens is 5. The van der Waals surface area contributed by atoms with Gasteiger partial charge >= 0.3 is 0 Å². The number of benzene rings is 1. The Morgan fingerprint density at radius 1 is 1.24 bits per heavy atom. The van der Waals surface area contributed by atoms with Crippen LogP contribution in [-0.2, 0) is 16.1 Å². The standard InChI is InChI=1S/C22H26N8O4/c1-23-22(32)18-16(11-17(27-28-18)26-21(31)13-7-8-13)25-15-6-4-5-14(19(15)34-3)20-24-12-30(29-20)9-10-33-2/h4-6,11-13H,7-10H2,1-3H3,(H,23,32)(H2,25,26,27,31)/i1D3. The van der Waals surface area contributed by atoms with Crippen molar-refractivity contribution in [1.82, 2.24) is 30.3 Å². The molecule has 0 atom stereocenters. The molecule has 12 heteroatoms. The molecule has 3 N–H and O–H groups in total. The van der Waals surface area contributed by atoms with E-state index in [4.69, 9.17) is 13.6 Å². The highest BCUT2D eigenvalue weighted by atomic mass is 16.5. The number of amides is 2. The summed E-state index contributed by atoms with van der Waals surface area (Å²) in [5, 5.41) is 19.9. The van der Waals surface area contributed by atoms with Gasteiger partial charge in [-0.05, 0) is 25.0 Å². The first-order valence-corrected chi connectivity index (χ1v) is 10.5. The number of carbonyl (C=O) groups is 2. The molecule has 0 spiro atoms. The number of rotatable bonds is 10. The molecule has 178 valence electrons. The van der Waals surface area contributed by atoms with Gasteiger partial charge in [0, 0.05) is 30.2 Å².